The van der Waals surface area contributed by atoms with Crippen LogP contribution in [-0.2, 0) is 21.2 Å². The van der Waals surface area contributed by atoms with Crippen molar-refractivity contribution in [3.05, 3.63) is 143 Å². The number of para-hydroxylation sites is 2. The molecule has 0 fully saturated rings. The summed E-state index contributed by atoms with van der Waals surface area (Å²) in [4.78, 5) is 16.1. The van der Waals surface area contributed by atoms with Crippen molar-refractivity contribution in [3.63, 3.8) is 0 Å². The number of nitrogens with zero attached hydrogens (tertiary/aromatic N) is 4. The van der Waals surface area contributed by atoms with E-state index < -0.39 is 10.0 Å². The van der Waals surface area contributed by atoms with Crippen molar-refractivity contribution in [1.29, 1.82) is 0 Å². The van der Waals surface area contributed by atoms with Crippen LogP contribution in [0.2, 0.25) is 5.02 Å². The lowest BCUT2D eigenvalue weighted by atomic mass is 9.87. The largest absolute Gasteiger partial charge is 0.493 e. The SMILES string of the molecule is COc1cc2c(cc1OC)C(c1ccccc1)N(C(=O)CSc1nnc(-c3cccc(S(=O)(=O)Nc4ccccc4Cl)c3)n1-c1ccccc1)CC2. The number of anilines is 1. The van der Waals surface area contributed by atoms with Gasteiger partial charge in [-0.1, -0.05) is 96.2 Å². The quantitative estimate of drug-likeness (QED) is 0.134. The number of thioether (sulfide) groups is 1. The number of sulfonamides is 1. The maximum atomic E-state index is 14.2. The monoisotopic (exact) mass is 751 g/mol. The van der Waals surface area contributed by atoms with Crippen molar-refractivity contribution in [2.75, 3.05) is 31.2 Å². The maximum absolute atomic E-state index is 14.2. The first-order valence-electron chi connectivity index (χ1n) is 16.4. The molecule has 2 heterocycles. The number of benzene rings is 5. The van der Waals surface area contributed by atoms with Crippen molar-refractivity contribution < 1.29 is 22.7 Å². The molecule has 1 aliphatic heterocycles. The smallest absolute Gasteiger partial charge is 0.261 e. The van der Waals surface area contributed by atoms with Gasteiger partial charge in [-0.2, -0.15) is 0 Å². The number of nitrogens with one attached hydrogen (secondary N) is 1. The highest BCUT2D eigenvalue weighted by molar-refractivity contribution is 7.99. The van der Waals surface area contributed by atoms with Gasteiger partial charge in [-0.05, 0) is 71.6 Å². The number of rotatable bonds is 11. The Labute approximate surface area is 311 Å². The second-order valence-corrected chi connectivity index (χ2v) is 15.0. The van der Waals surface area contributed by atoms with Crippen LogP contribution in [0.4, 0.5) is 5.69 Å². The molecular formula is C39H34ClN5O5S2. The first-order valence-corrected chi connectivity index (χ1v) is 19.2. The fraction of sp³-hybridized carbons (Fsp3) is 0.154. The number of carbonyl (C=O) groups excluding carboxylic acids is 1. The molecule has 10 nitrogen and oxygen atoms in total. The molecule has 7 rings (SSSR count). The molecule has 1 amide bonds. The Kier molecular flexibility index (Phi) is 10.2. The van der Waals surface area contributed by atoms with Crippen molar-refractivity contribution in [3.8, 4) is 28.6 Å². The van der Waals surface area contributed by atoms with E-state index in [1.807, 2.05) is 82.3 Å². The van der Waals surface area contributed by atoms with Gasteiger partial charge in [0.1, 0.15) is 0 Å². The summed E-state index contributed by atoms with van der Waals surface area (Å²) in [6.45, 7) is 0.515. The number of methoxy groups -OCH3 is 2. The van der Waals surface area contributed by atoms with Gasteiger partial charge < -0.3 is 14.4 Å². The Balaban J connectivity index is 1.20. The van der Waals surface area contributed by atoms with Crippen molar-refractivity contribution in [2.24, 2.45) is 0 Å². The van der Waals surface area contributed by atoms with Gasteiger partial charge >= 0.3 is 0 Å². The van der Waals surface area contributed by atoms with Crippen LogP contribution in [0.1, 0.15) is 22.7 Å². The lowest BCUT2D eigenvalue weighted by Crippen LogP contribution is -2.41. The van der Waals surface area contributed by atoms with E-state index >= 15 is 0 Å². The number of hydrogen-bond acceptors (Lipinski definition) is 8. The molecule has 52 heavy (non-hydrogen) atoms. The second-order valence-electron chi connectivity index (χ2n) is 11.9. The third-order valence-electron chi connectivity index (χ3n) is 8.80. The van der Waals surface area contributed by atoms with Crippen molar-refractivity contribution in [2.45, 2.75) is 22.5 Å². The molecule has 5 aromatic carbocycles. The highest BCUT2D eigenvalue weighted by atomic mass is 35.5. The minimum atomic E-state index is -3.99. The number of hydrogen-bond donors (Lipinski definition) is 1. The summed E-state index contributed by atoms with van der Waals surface area (Å²) in [5, 5.41) is 9.78. The zero-order chi connectivity index (χ0) is 36.2. The van der Waals surface area contributed by atoms with Crippen LogP contribution >= 0.6 is 23.4 Å². The first-order chi connectivity index (χ1) is 25.3. The van der Waals surface area contributed by atoms with Crippen LogP contribution in [0.25, 0.3) is 17.1 Å². The van der Waals surface area contributed by atoms with Gasteiger partial charge in [0.05, 0.1) is 41.6 Å². The van der Waals surface area contributed by atoms with Crippen LogP contribution in [0, 0.1) is 0 Å². The van der Waals surface area contributed by atoms with Gasteiger partial charge in [-0.25, -0.2) is 8.42 Å². The van der Waals surface area contributed by atoms with Gasteiger partial charge in [0.15, 0.2) is 22.5 Å². The standard InChI is InChI=1S/C39H34ClN5O5S2/c1-49-34-23-27-20-21-44(37(26-12-5-3-6-13-26)31(27)24-35(34)50-2)36(46)25-51-39-42-41-38(45(39)29-15-7-4-8-16-29)28-14-11-17-30(22-28)52(47,48)43-33-19-10-9-18-32(33)40/h3-19,22-24,37,43H,20-21,25H2,1-2H3. The number of fused-ring (bicyclic) bond motifs is 1. The van der Waals surface area contributed by atoms with Gasteiger partial charge in [-0.15, -0.1) is 10.2 Å². The molecule has 0 saturated carbocycles. The van der Waals surface area contributed by atoms with E-state index in [0.717, 1.165) is 22.4 Å². The van der Waals surface area contributed by atoms with Gasteiger partial charge in [0.2, 0.25) is 5.91 Å². The third-order valence-corrected chi connectivity index (χ3v) is 11.4. The maximum Gasteiger partial charge on any atom is 0.261 e. The summed E-state index contributed by atoms with van der Waals surface area (Å²) in [6, 6.07) is 36.2. The van der Waals surface area contributed by atoms with Crippen molar-refractivity contribution >= 4 is 45.0 Å². The molecule has 0 radical (unpaired) electrons. The van der Waals surface area contributed by atoms with Crippen LogP contribution in [-0.4, -0.2) is 60.5 Å². The van der Waals surface area contributed by atoms with Gasteiger partial charge in [0.25, 0.3) is 10.0 Å². The Morgan fingerprint density at radius 1 is 0.865 bits per heavy atom. The van der Waals surface area contributed by atoms with Crippen LogP contribution < -0.4 is 14.2 Å². The molecule has 264 valence electrons. The summed E-state index contributed by atoms with van der Waals surface area (Å²) in [5.74, 6) is 1.70. The molecule has 1 N–H and O–H groups in total. The Bertz CT molecular complexity index is 2340. The number of aromatic nitrogens is 3. The number of carbonyl (C=O) groups is 1. The Hall–Kier alpha value is -5.30. The molecule has 1 aromatic heterocycles. The van der Waals surface area contributed by atoms with Gasteiger partial charge in [-0.3, -0.25) is 14.1 Å². The summed E-state index contributed by atoms with van der Waals surface area (Å²) < 4.78 is 42.5. The predicted octanol–water partition coefficient (Wildman–Crippen LogP) is 7.67. The topological polar surface area (TPSA) is 116 Å². The molecule has 1 atom stereocenters. The van der Waals surface area contributed by atoms with E-state index in [0.29, 0.717) is 41.0 Å². The molecule has 1 unspecified atom stereocenters. The minimum absolute atomic E-state index is 0.0310. The molecule has 6 aromatic rings. The van der Waals surface area contributed by atoms with Crippen LogP contribution in [0.15, 0.2) is 131 Å². The summed E-state index contributed by atoms with van der Waals surface area (Å²) in [7, 11) is -0.768. The van der Waals surface area contributed by atoms with E-state index in [4.69, 9.17) is 21.1 Å². The number of halogens is 1. The van der Waals surface area contributed by atoms with Crippen molar-refractivity contribution in [1.82, 2.24) is 19.7 Å². The lowest BCUT2D eigenvalue weighted by molar-refractivity contribution is -0.130. The number of amides is 1. The van der Waals surface area contributed by atoms with E-state index in [1.165, 1.54) is 17.8 Å². The highest BCUT2D eigenvalue weighted by Crippen LogP contribution is 2.41. The van der Waals surface area contributed by atoms with E-state index in [-0.39, 0.29) is 33.3 Å². The summed E-state index contributed by atoms with van der Waals surface area (Å²) in [6.07, 6.45) is 0.657. The molecule has 0 bridgehead atoms. The molecule has 0 saturated heterocycles. The summed E-state index contributed by atoms with van der Waals surface area (Å²) >= 11 is 7.51. The van der Waals surface area contributed by atoms with E-state index in [2.05, 4.69) is 14.9 Å². The van der Waals surface area contributed by atoms with E-state index in [1.54, 1.807) is 56.7 Å². The first kappa shape index (κ1) is 35.1. The van der Waals surface area contributed by atoms with E-state index in [9.17, 15) is 13.2 Å². The average Bonchev–Trinajstić information content (AvgIpc) is 3.61. The zero-order valence-electron chi connectivity index (χ0n) is 28.3. The zero-order valence-corrected chi connectivity index (χ0v) is 30.7. The fourth-order valence-corrected chi connectivity index (χ4v) is 8.53. The molecular weight excluding hydrogens is 718 g/mol. The molecule has 1 aliphatic rings. The third kappa shape index (κ3) is 7.09. The molecule has 13 heteroatoms. The Morgan fingerprint density at radius 3 is 2.29 bits per heavy atom. The fourth-order valence-electron chi connectivity index (χ4n) is 6.33. The van der Waals surface area contributed by atoms with Crippen LogP contribution in [0.3, 0.4) is 0 Å². The average molecular weight is 752 g/mol. The minimum Gasteiger partial charge on any atom is -0.493 e. The Morgan fingerprint density at radius 2 is 1.56 bits per heavy atom. The summed E-state index contributed by atoms with van der Waals surface area (Å²) in [5.41, 5.74) is 4.64. The normalized spacial score (nSPS) is 14.1. The second kappa shape index (κ2) is 15.1. The van der Waals surface area contributed by atoms with Crippen LogP contribution in [0.5, 0.6) is 11.5 Å². The predicted molar refractivity (Wildman–Crippen MR) is 203 cm³/mol. The highest BCUT2D eigenvalue weighted by Gasteiger charge is 2.33. The number of ether oxygens (including phenoxy) is 2. The molecule has 0 spiro atoms. The molecule has 0 aliphatic carbocycles. The van der Waals surface area contributed by atoms with Gasteiger partial charge in [0, 0.05) is 17.8 Å². The lowest BCUT2D eigenvalue weighted by Gasteiger charge is -2.38.